The van der Waals surface area contributed by atoms with Crippen molar-refractivity contribution in [1.82, 2.24) is 19.5 Å². The van der Waals surface area contributed by atoms with Crippen LogP contribution in [0.5, 0.6) is 0 Å². The fraction of sp³-hybridized carbons (Fsp3) is 0.606. The highest BCUT2D eigenvalue weighted by Gasteiger charge is 2.26. The number of benzene rings is 1. The fourth-order valence-electron chi connectivity index (χ4n) is 4.64. The molecule has 1 aromatic carbocycles. The van der Waals surface area contributed by atoms with Gasteiger partial charge in [-0.15, -0.1) is 0 Å². The minimum atomic E-state index is -3.68. The van der Waals surface area contributed by atoms with Crippen LogP contribution in [0.2, 0.25) is 0 Å². The van der Waals surface area contributed by atoms with Crippen molar-refractivity contribution in [3.63, 3.8) is 0 Å². The van der Waals surface area contributed by atoms with Gasteiger partial charge in [-0.1, -0.05) is 70.1 Å². The van der Waals surface area contributed by atoms with Gasteiger partial charge in [-0.05, 0) is 42.7 Å². The highest BCUT2D eigenvalue weighted by atomic mass is 32.2. The van der Waals surface area contributed by atoms with Gasteiger partial charge < -0.3 is 34.6 Å². The Kier molecular flexibility index (Phi) is 16.5. The predicted octanol–water partition coefficient (Wildman–Crippen LogP) is 5.57. The minimum absolute atomic E-state index is 0.0333. The van der Waals surface area contributed by atoms with Crippen LogP contribution < -0.4 is 11.5 Å². The van der Waals surface area contributed by atoms with E-state index in [0.717, 1.165) is 30.2 Å². The fourth-order valence-corrected chi connectivity index (χ4v) is 6.92. The van der Waals surface area contributed by atoms with Gasteiger partial charge in [0.1, 0.15) is 18.2 Å². The van der Waals surface area contributed by atoms with Crippen molar-refractivity contribution >= 4 is 47.4 Å². The molecule has 0 bridgehead atoms. The van der Waals surface area contributed by atoms with E-state index in [0.29, 0.717) is 42.2 Å². The summed E-state index contributed by atoms with van der Waals surface area (Å²) in [6, 6.07) is 7.51. The summed E-state index contributed by atoms with van der Waals surface area (Å²) in [6.45, 7) is 10.9. The molecule has 0 amide bonds. The zero-order valence-corrected chi connectivity index (χ0v) is 30.4. The van der Waals surface area contributed by atoms with Gasteiger partial charge >= 0.3 is 13.6 Å². The third-order valence-electron chi connectivity index (χ3n) is 7.80. The lowest BCUT2D eigenvalue weighted by atomic mass is 9.97. The molecule has 0 saturated carbocycles. The van der Waals surface area contributed by atoms with Gasteiger partial charge in [-0.3, -0.25) is 14.2 Å². The van der Waals surface area contributed by atoms with Crippen molar-refractivity contribution in [3.8, 4) is 0 Å². The number of nitrogen functional groups attached to an aromatic ring is 1. The Labute approximate surface area is 287 Å². The lowest BCUT2D eigenvalue weighted by Gasteiger charge is -2.19. The summed E-state index contributed by atoms with van der Waals surface area (Å²) in [7, 11) is -3.68. The second kappa shape index (κ2) is 20.0. The van der Waals surface area contributed by atoms with Crippen LogP contribution in [0.4, 0.5) is 5.82 Å². The highest BCUT2D eigenvalue weighted by molar-refractivity contribution is 8.13. The Bertz CT molecular complexity index is 1490. The number of carbonyl (C=O) groups is 2. The molecule has 266 valence electrons. The molecular weight excluding hydrogens is 655 g/mol. The number of fused-ring (bicyclic) bond motifs is 1. The summed E-state index contributed by atoms with van der Waals surface area (Å²) in [5, 5.41) is -0.0711. The van der Waals surface area contributed by atoms with Crippen molar-refractivity contribution in [1.29, 1.82) is 0 Å². The van der Waals surface area contributed by atoms with E-state index >= 15 is 0 Å². The summed E-state index contributed by atoms with van der Waals surface area (Å²) in [4.78, 5) is 37.4. The first-order valence-corrected chi connectivity index (χ1v) is 19.2. The second-order valence-corrected chi connectivity index (χ2v) is 15.3. The molecule has 4 atom stereocenters. The minimum Gasteiger partial charge on any atom is -0.465 e. The maximum absolute atomic E-state index is 13.6. The summed E-state index contributed by atoms with van der Waals surface area (Å²) in [6.07, 6.45) is 5.25. The number of nitrogens with zero attached hydrogens (tertiary/aromatic N) is 4. The molecule has 48 heavy (non-hydrogen) atoms. The van der Waals surface area contributed by atoms with E-state index < -0.39 is 19.6 Å². The molecule has 2 unspecified atom stereocenters. The van der Waals surface area contributed by atoms with Crippen LogP contribution in [0, 0.1) is 11.8 Å². The molecule has 0 radical (unpaired) electrons. The first-order chi connectivity index (χ1) is 22.9. The predicted molar refractivity (Wildman–Crippen MR) is 189 cm³/mol. The molecule has 0 saturated heterocycles. The number of rotatable bonds is 22. The molecule has 4 N–H and O–H groups in total. The molecule has 3 aromatic rings. The van der Waals surface area contributed by atoms with E-state index in [1.54, 1.807) is 10.9 Å². The monoisotopic (exact) mass is 706 g/mol. The number of anilines is 1. The first-order valence-electron chi connectivity index (χ1n) is 16.5. The molecule has 2 aromatic heterocycles. The summed E-state index contributed by atoms with van der Waals surface area (Å²) >= 11 is 1.15. The number of thioether (sulfide) groups is 1. The number of imidazole rings is 1. The Hall–Kier alpha value is -2.87. The SMILES string of the molecule is CC[C@H](C)[C@H](N)C(=O)SCCCOP(=O)(COCCn1cnc2c(N)ncnc21)OCCCOC(=O)C(C)c1ccc(CC(C)C)cc1. The molecule has 3 rings (SSSR count). The van der Waals surface area contributed by atoms with E-state index in [4.69, 9.17) is 30.0 Å². The van der Waals surface area contributed by atoms with E-state index in [2.05, 4.69) is 28.8 Å². The van der Waals surface area contributed by atoms with Crippen molar-refractivity contribution < 1.29 is 32.7 Å². The number of hydrogen-bond acceptors (Lipinski definition) is 13. The molecule has 0 spiro atoms. The van der Waals surface area contributed by atoms with Gasteiger partial charge in [-0.25, -0.2) is 15.0 Å². The van der Waals surface area contributed by atoms with Gasteiger partial charge in [0.2, 0.25) is 5.12 Å². The van der Waals surface area contributed by atoms with E-state index in [9.17, 15) is 14.2 Å². The van der Waals surface area contributed by atoms with Crippen LogP contribution >= 0.6 is 19.4 Å². The quantitative estimate of drug-likeness (QED) is 0.0752. The smallest absolute Gasteiger partial charge is 0.356 e. The van der Waals surface area contributed by atoms with Crippen LogP contribution in [0.15, 0.2) is 36.9 Å². The number of hydrogen-bond donors (Lipinski definition) is 2. The third-order valence-corrected chi connectivity index (χ3v) is 10.5. The number of nitrogens with two attached hydrogens (primary N) is 2. The normalized spacial score (nSPS) is 14.9. The number of aromatic nitrogens is 4. The van der Waals surface area contributed by atoms with Gasteiger partial charge in [0.05, 0.1) is 44.7 Å². The maximum atomic E-state index is 13.6. The van der Waals surface area contributed by atoms with E-state index in [-0.39, 0.29) is 55.6 Å². The number of esters is 1. The summed E-state index contributed by atoms with van der Waals surface area (Å²) in [5.74, 6) is 0.650. The zero-order chi connectivity index (χ0) is 35.1. The largest absolute Gasteiger partial charge is 0.465 e. The highest BCUT2D eigenvalue weighted by Crippen LogP contribution is 2.48. The average Bonchev–Trinajstić information content (AvgIpc) is 3.49. The number of ether oxygens (including phenoxy) is 2. The standard InChI is InChI=1S/C33H51N6O7PS/c1-6-24(4)28(34)33(41)48-18-8-16-46-47(42,22-43-17-13-39-21-38-29-30(35)36-20-37-31(29)39)45-15-7-14-44-32(40)25(5)27-11-9-26(10-12-27)19-23(2)3/h9-12,20-21,23-25,28H,6-8,13-19,22,34H2,1-5H3,(H2,35,36,37)/t24-,25?,28-,47?/m0/s1. The van der Waals surface area contributed by atoms with E-state index in [1.807, 2.05) is 45.0 Å². The molecule has 13 nitrogen and oxygen atoms in total. The molecule has 0 fully saturated rings. The van der Waals surface area contributed by atoms with Crippen LogP contribution in [0.25, 0.3) is 11.2 Å². The Morgan fingerprint density at radius 3 is 2.38 bits per heavy atom. The van der Waals surface area contributed by atoms with Gasteiger partial charge in [0, 0.05) is 18.7 Å². The van der Waals surface area contributed by atoms with E-state index in [1.165, 1.54) is 11.9 Å². The Morgan fingerprint density at radius 1 is 0.979 bits per heavy atom. The zero-order valence-electron chi connectivity index (χ0n) is 28.7. The van der Waals surface area contributed by atoms with Crippen LogP contribution in [0.3, 0.4) is 0 Å². The second-order valence-electron chi connectivity index (χ2n) is 12.2. The topological polar surface area (TPSA) is 184 Å². The maximum Gasteiger partial charge on any atom is 0.356 e. The van der Waals surface area contributed by atoms with Crippen LogP contribution in [-0.2, 0) is 45.6 Å². The molecule has 0 aliphatic carbocycles. The lowest BCUT2D eigenvalue weighted by Crippen LogP contribution is -2.35. The van der Waals surface area contributed by atoms with Crippen molar-refractivity contribution in [2.24, 2.45) is 17.6 Å². The molecule has 2 heterocycles. The molecule has 0 aliphatic heterocycles. The molecule has 15 heteroatoms. The third kappa shape index (κ3) is 12.5. The van der Waals surface area contributed by atoms with Crippen LogP contribution in [-0.4, -0.2) is 75.2 Å². The van der Waals surface area contributed by atoms with Crippen molar-refractivity contribution in [2.45, 2.75) is 78.8 Å². The Morgan fingerprint density at radius 2 is 1.69 bits per heavy atom. The molecular formula is C33H51N6O7PS. The van der Waals surface area contributed by atoms with Crippen LogP contribution in [0.1, 0.15) is 70.9 Å². The van der Waals surface area contributed by atoms with Crippen molar-refractivity contribution in [3.05, 3.63) is 48.0 Å². The Balaban J connectivity index is 1.47. The van der Waals surface area contributed by atoms with Crippen molar-refractivity contribution in [2.75, 3.05) is 44.3 Å². The summed E-state index contributed by atoms with van der Waals surface area (Å²) < 4.78 is 38.0. The average molecular weight is 707 g/mol. The lowest BCUT2D eigenvalue weighted by molar-refractivity contribution is -0.145. The van der Waals surface area contributed by atoms with Gasteiger partial charge in [-0.2, -0.15) is 0 Å². The van der Waals surface area contributed by atoms with Gasteiger partial charge in [0.25, 0.3) is 0 Å². The van der Waals surface area contributed by atoms with Gasteiger partial charge in [0.15, 0.2) is 11.5 Å². The summed E-state index contributed by atoms with van der Waals surface area (Å²) in [5.41, 5.74) is 15.1. The first kappa shape index (κ1) is 39.6. The molecule has 0 aliphatic rings. The number of carbonyl (C=O) groups excluding carboxylic acids is 2.